The second-order valence-electron chi connectivity index (χ2n) is 7.16. The Morgan fingerprint density at radius 1 is 1.11 bits per heavy atom. The normalized spacial score (nSPS) is 16.6. The van der Waals surface area contributed by atoms with Gasteiger partial charge in [-0.2, -0.15) is 0 Å². The molecule has 0 aliphatic carbocycles. The number of benzene rings is 2. The molecule has 1 N–H and O–H groups in total. The van der Waals surface area contributed by atoms with Crippen LogP contribution in [0.2, 0.25) is 0 Å². The second kappa shape index (κ2) is 8.91. The Morgan fingerprint density at radius 2 is 1.78 bits per heavy atom. The van der Waals surface area contributed by atoms with Gasteiger partial charge in [-0.25, -0.2) is 0 Å². The summed E-state index contributed by atoms with van der Waals surface area (Å²) in [6.07, 6.45) is 1.77. The summed E-state index contributed by atoms with van der Waals surface area (Å²) in [4.78, 5) is 14.7. The molecule has 1 heterocycles. The number of piperidine rings is 1. The van der Waals surface area contributed by atoms with Crippen molar-refractivity contribution in [2.24, 2.45) is 0 Å². The molecule has 1 saturated heterocycles. The van der Waals surface area contributed by atoms with Gasteiger partial charge in [-0.05, 0) is 69.6 Å². The van der Waals surface area contributed by atoms with Crippen LogP contribution in [0.5, 0.6) is 11.5 Å². The first kappa shape index (κ1) is 19.2. The summed E-state index contributed by atoms with van der Waals surface area (Å²) in [6.45, 7) is 5.84. The largest absolute Gasteiger partial charge is 0.490 e. The Labute approximate surface area is 161 Å². The highest BCUT2D eigenvalue weighted by atomic mass is 16.5. The number of aryl methyl sites for hydroxylation is 1. The fourth-order valence-corrected chi connectivity index (χ4v) is 3.09. The predicted octanol–water partition coefficient (Wildman–Crippen LogP) is 3.87. The SMILES string of the molecule is Cc1ccccc1OC(C)C(=O)Nc1ccc(OC2CCN(C)CC2)cc1. The Kier molecular flexibility index (Phi) is 6.35. The molecule has 1 unspecified atom stereocenters. The van der Waals surface area contributed by atoms with Crippen molar-refractivity contribution in [3.63, 3.8) is 0 Å². The number of ether oxygens (including phenoxy) is 2. The zero-order chi connectivity index (χ0) is 19.2. The minimum Gasteiger partial charge on any atom is -0.490 e. The van der Waals surface area contributed by atoms with Crippen LogP contribution in [0, 0.1) is 6.92 Å². The topological polar surface area (TPSA) is 50.8 Å². The lowest BCUT2D eigenvalue weighted by Crippen LogP contribution is -2.35. The third-order valence-electron chi connectivity index (χ3n) is 4.86. The summed E-state index contributed by atoms with van der Waals surface area (Å²) >= 11 is 0. The number of nitrogens with one attached hydrogen (secondary N) is 1. The molecule has 3 rings (SSSR count). The van der Waals surface area contributed by atoms with Crippen LogP contribution in [0.25, 0.3) is 0 Å². The van der Waals surface area contributed by atoms with Crippen molar-refractivity contribution in [1.82, 2.24) is 4.90 Å². The maximum absolute atomic E-state index is 12.4. The van der Waals surface area contributed by atoms with Gasteiger partial charge in [-0.3, -0.25) is 4.79 Å². The van der Waals surface area contributed by atoms with E-state index in [0.29, 0.717) is 0 Å². The van der Waals surface area contributed by atoms with E-state index in [9.17, 15) is 4.79 Å². The minimum atomic E-state index is -0.582. The monoisotopic (exact) mass is 368 g/mol. The molecule has 1 atom stereocenters. The van der Waals surface area contributed by atoms with Gasteiger partial charge in [0, 0.05) is 18.8 Å². The molecule has 0 saturated carbocycles. The number of para-hydroxylation sites is 1. The summed E-state index contributed by atoms with van der Waals surface area (Å²) in [7, 11) is 2.14. The lowest BCUT2D eigenvalue weighted by Gasteiger charge is -2.29. The van der Waals surface area contributed by atoms with E-state index in [1.807, 2.05) is 55.5 Å². The smallest absolute Gasteiger partial charge is 0.265 e. The Bertz CT molecular complexity index is 752. The van der Waals surface area contributed by atoms with Gasteiger partial charge >= 0.3 is 0 Å². The highest BCUT2D eigenvalue weighted by Gasteiger charge is 2.18. The van der Waals surface area contributed by atoms with E-state index in [0.717, 1.165) is 48.7 Å². The van der Waals surface area contributed by atoms with Crippen molar-refractivity contribution < 1.29 is 14.3 Å². The average molecular weight is 368 g/mol. The summed E-state index contributed by atoms with van der Waals surface area (Å²) in [5.74, 6) is 1.39. The quantitative estimate of drug-likeness (QED) is 0.841. The van der Waals surface area contributed by atoms with Crippen LogP contribution in [0.1, 0.15) is 25.3 Å². The van der Waals surface area contributed by atoms with E-state index in [1.165, 1.54) is 0 Å². The molecule has 0 spiro atoms. The van der Waals surface area contributed by atoms with E-state index < -0.39 is 6.10 Å². The van der Waals surface area contributed by atoms with Crippen molar-refractivity contribution in [1.29, 1.82) is 0 Å². The zero-order valence-corrected chi connectivity index (χ0v) is 16.3. The number of likely N-dealkylation sites (tertiary alicyclic amines) is 1. The van der Waals surface area contributed by atoms with Crippen molar-refractivity contribution in [2.45, 2.75) is 38.9 Å². The maximum Gasteiger partial charge on any atom is 0.265 e. The number of rotatable bonds is 6. The molecule has 0 aromatic heterocycles. The highest BCUT2D eigenvalue weighted by Crippen LogP contribution is 2.22. The summed E-state index contributed by atoms with van der Waals surface area (Å²) in [5, 5.41) is 2.89. The average Bonchev–Trinajstić information content (AvgIpc) is 2.67. The zero-order valence-electron chi connectivity index (χ0n) is 16.3. The Hall–Kier alpha value is -2.53. The van der Waals surface area contributed by atoms with Crippen LogP contribution in [-0.4, -0.2) is 43.2 Å². The number of amides is 1. The Morgan fingerprint density at radius 3 is 2.44 bits per heavy atom. The van der Waals surface area contributed by atoms with Gasteiger partial charge in [0.1, 0.15) is 17.6 Å². The van der Waals surface area contributed by atoms with E-state index in [-0.39, 0.29) is 12.0 Å². The van der Waals surface area contributed by atoms with Gasteiger partial charge < -0.3 is 19.7 Å². The van der Waals surface area contributed by atoms with Crippen LogP contribution in [-0.2, 0) is 4.79 Å². The molecule has 1 aliphatic rings. The first-order valence-electron chi connectivity index (χ1n) is 9.49. The number of anilines is 1. The van der Waals surface area contributed by atoms with Gasteiger partial charge in [0.25, 0.3) is 5.91 Å². The molecule has 144 valence electrons. The van der Waals surface area contributed by atoms with Gasteiger partial charge in [-0.1, -0.05) is 18.2 Å². The standard InChI is InChI=1S/C22H28N2O3/c1-16-6-4-5-7-21(16)26-17(2)22(25)23-18-8-10-19(11-9-18)27-20-12-14-24(3)15-13-20/h4-11,17,20H,12-15H2,1-3H3,(H,23,25). The number of hydrogen-bond donors (Lipinski definition) is 1. The highest BCUT2D eigenvalue weighted by molar-refractivity contribution is 5.94. The van der Waals surface area contributed by atoms with E-state index in [4.69, 9.17) is 9.47 Å². The molecule has 2 aromatic carbocycles. The minimum absolute atomic E-state index is 0.178. The van der Waals surface area contributed by atoms with Crippen molar-refractivity contribution >= 4 is 11.6 Å². The Balaban J connectivity index is 1.51. The molecular weight excluding hydrogens is 340 g/mol. The third kappa shape index (κ3) is 5.47. The first-order chi connectivity index (χ1) is 13.0. The molecule has 1 aliphatic heterocycles. The number of hydrogen-bond acceptors (Lipinski definition) is 4. The number of nitrogens with zero attached hydrogens (tertiary/aromatic N) is 1. The number of carbonyl (C=O) groups is 1. The predicted molar refractivity (Wildman–Crippen MR) is 107 cm³/mol. The molecule has 27 heavy (non-hydrogen) atoms. The van der Waals surface area contributed by atoms with Gasteiger partial charge in [-0.15, -0.1) is 0 Å². The van der Waals surface area contributed by atoms with Crippen LogP contribution in [0.15, 0.2) is 48.5 Å². The summed E-state index contributed by atoms with van der Waals surface area (Å²) in [6, 6.07) is 15.2. The lowest BCUT2D eigenvalue weighted by atomic mass is 10.1. The van der Waals surface area contributed by atoms with Gasteiger partial charge in [0.05, 0.1) is 0 Å². The molecule has 1 amide bonds. The van der Waals surface area contributed by atoms with Crippen LogP contribution in [0.4, 0.5) is 5.69 Å². The number of carbonyl (C=O) groups excluding carboxylic acids is 1. The molecule has 1 fully saturated rings. The van der Waals surface area contributed by atoms with Crippen molar-refractivity contribution in [3.8, 4) is 11.5 Å². The fourth-order valence-electron chi connectivity index (χ4n) is 3.09. The summed E-state index contributed by atoms with van der Waals surface area (Å²) in [5.41, 5.74) is 1.74. The van der Waals surface area contributed by atoms with Gasteiger partial charge in [0.15, 0.2) is 6.10 Å². The molecule has 0 radical (unpaired) electrons. The molecule has 5 heteroatoms. The van der Waals surface area contributed by atoms with E-state index in [2.05, 4.69) is 17.3 Å². The molecule has 0 bridgehead atoms. The second-order valence-corrected chi connectivity index (χ2v) is 7.16. The summed E-state index contributed by atoms with van der Waals surface area (Å²) < 4.78 is 11.8. The van der Waals surface area contributed by atoms with Crippen LogP contribution < -0.4 is 14.8 Å². The van der Waals surface area contributed by atoms with Crippen molar-refractivity contribution in [3.05, 3.63) is 54.1 Å². The maximum atomic E-state index is 12.4. The fraction of sp³-hybridized carbons (Fsp3) is 0.409. The van der Waals surface area contributed by atoms with E-state index in [1.54, 1.807) is 6.92 Å². The van der Waals surface area contributed by atoms with Crippen molar-refractivity contribution in [2.75, 3.05) is 25.5 Å². The van der Waals surface area contributed by atoms with Crippen LogP contribution in [0.3, 0.4) is 0 Å². The lowest BCUT2D eigenvalue weighted by molar-refractivity contribution is -0.122. The third-order valence-corrected chi connectivity index (χ3v) is 4.86. The molecule has 5 nitrogen and oxygen atoms in total. The molecular formula is C22H28N2O3. The van der Waals surface area contributed by atoms with Crippen LogP contribution >= 0.6 is 0 Å². The molecule has 2 aromatic rings. The first-order valence-corrected chi connectivity index (χ1v) is 9.49. The van der Waals surface area contributed by atoms with E-state index >= 15 is 0 Å². The van der Waals surface area contributed by atoms with Gasteiger partial charge in [0.2, 0.25) is 0 Å².